The fourth-order valence-electron chi connectivity index (χ4n) is 19.9. The molecule has 5 aliphatic rings. The van der Waals surface area contributed by atoms with Crippen molar-refractivity contribution in [3.05, 3.63) is 455 Å². The summed E-state index contributed by atoms with van der Waals surface area (Å²) in [5.41, 5.74) is 13.9. The van der Waals surface area contributed by atoms with E-state index in [0.29, 0.717) is 55.5 Å². The number of esters is 5. The lowest BCUT2D eigenvalue weighted by atomic mass is 9.75. The molecule has 0 amide bonds. The van der Waals surface area contributed by atoms with Gasteiger partial charge in [0.15, 0.2) is 17.1 Å². The predicted octanol–water partition coefficient (Wildman–Crippen LogP) is 31.8. The third-order valence-corrected chi connectivity index (χ3v) is 27.9. The number of aromatic carboxylic acids is 1. The Kier molecular flexibility index (Phi) is 26.1. The molecule has 25 heteroatoms. The molecule has 726 valence electrons. The Morgan fingerprint density at radius 2 is 0.644 bits per heavy atom. The summed E-state index contributed by atoms with van der Waals surface area (Å²) >= 11 is 37.2. The highest BCUT2D eigenvalue weighted by Crippen LogP contribution is 2.62. The molecule has 0 atom stereocenters. The number of phenols is 5. The Balaban J connectivity index is 0.000000123. The van der Waals surface area contributed by atoms with Crippen LogP contribution < -0.4 is 19.6 Å². The van der Waals surface area contributed by atoms with Crippen LogP contribution in [-0.2, 0) is 24.7 Å². The Hall–Kier alpha value is -17.8. The number of carbonyl (C=O) groups excluding carboxylic acids is 5. The van der Waals surface area contributed by atoms with Crippen LogP contribution in [0.15, 0.2) is 385 Å². The fraction of sp³-hybridized carbons (Fsp3) is 0.0242. The Labute approximate surface area is 877 Å². The molecule has 25 rings (SSSR count). The Bertz CT molecular complexity index is 9140. The third kappa shape index (κ3) is 18.1. The van der Waals surface area contributed by atoms with Crippen molar-refractivity contribution < 1.29 is 87.5 Å². The predicted molar refractivity (Wildman–Crippen MR) is 586 cm³/mol. The van der Waals surface area contributed by atoms with E-state index in [9.17, 15) is 43.8 Å². The minimum Gasteiger partial charge on any atom is -0.508 e. The maximum Gasteiger partial charge on any atom is 0.527 e. The summed E-state index contributed by atoms with van der Waals surface area (Å²) in [5, 5.41) is 69.0. The Morgan fingerprint density at radius 1 is 0.295 bits per heavy atom. The average molecular weight is 2080 g/mol. The van der Waals surface area contributed by atoms with Gasteiger partial charge in [0.2, 0.25) is 5.43 Å². The molecule has 19 nitrogen and oxygen atoms in total. The zero-order chi connectivity index (χ0) is 104. The minimum atomic E-state index is -1.63. The molecule has 4 aliphatic heterocycles. The number of hydrogen-bond acceptors (Lipinski definition) is 17. The highest BCUT2D eigenvalue weighted by atomic mass is 35.5. The zero-order valence-electron chi connectivity index (χ0n) is 78.1. The molecule has 149 heavy (non-hydrogen) atoms. The molecule has 4 heterocycles. The second kappa shape index (κ2) is 40.0. The first-order valence-electron chi connectivity index (χ1n) is 46.4. The van der Waals surface area contributed by atoms with Gasteiger partial charge in [0.05, 0.1) is 41.3 Å². The van der Waals surface area contributed by atoms with Gasteiger partial charge in [0, 0.05) is 83.4 Å². The number of carboxylic acids is 1. The molecule has 20 aromatic carbocycles. The second-order valence-electron chi connectivity index (χ2n) is 35.2. The fourth-order valence-corrected chi connectivity index (χ4v) is 20.9. The Morgan fingerprint density at radius 3 is 1.01 bits per heavy atom. The van der Waals surface area contributed by atoms with Crippen LogP contribution in [0.1, 0.15) is 67.2 Å². The second-order valence-corrected chi connectivity index (χ2v) is 37.6. The maximum absolute atomic E-state index is 14.4. The lowest BCUT2D eigenvalue weighted by Gasteiger charge is -2.37. The minimum absolute atomic E-state index is 0.0110. The quantitative estimate of drug-likeness (QED) is 0.0244. The number of phenolic OH excluding ortho intramolecular Hbond substituents is 5. The first-order valence-corrected chi connectivity index (χ1v) is 48.6. The van der Waals surface area contributed by atoms with Crippen LogP contribution in [0.5, 0.6) is 51.7 Å². The van der Waals surface area contributed by atoms with Gasteiger partial charge in [-0.05, 0) is 222 Å². The van der Waals surface area contributed by atoms with Crippen LogP contribution in [0.3, 0.4) is 0 Å². The van der Waals surface area contributed by atoms with Crippen LogP contribution in [0, 0.1) is 0 Å². The molecular weight excluding hydrogens is 2010 g/mol. The zero-order valence-corrected chi connectivity index (χ0v) is 82.6. The lowest BCUT2D eigenvalue weighted by Crippen LogP contribution is -2.33. The number of cyclic esters (lactones) is 2. The molecule has 0 fully saturated rings. The smallest absolute Gasteiger partial charge is 0.508 e. The van der Waals surface area contributed by atoms with E-state index in [2.05, 4.69) is 84.9 Å². The van der Waals surface area contributed by atoms with Gasteiger partial charge in [-0.25, -0.2) is 19.1 Å². The van der Waals surface area contributed by atoms with Crippen LogP contribution in [0.25, 0.3) is 165 Å². The van der Waals surface area contributed by atoms with Crippen molar-refractivity contribution in [1.29, 1.82) is 0 Å². The molecule has 1 aliphatic carbocycles. The van der Waals surface area contributed by atoms with Crippen molar-refractivity contribution in [2.75, 3.05) is 0 Å². The highest BCUT2D eigenvalue weighted by Gasteiger charge is 2.55. The van der Waals surface area contributed by atoms with Gasteiger partial charge in [-0.1, -0.05) is 324 Å². The number of carboxylic acid groups (broad SMARTS) is 1. The van der Waals surface area contributed by atoms with E-state index >= 15 is 0 Å². The number of rotatable bonds is 10. The first kappa shape index (κ1) is 97.3. The van der Waals surface area contributed by atoms with E-state index in [-0.39, 0.29) is 105 Å². The SMILES string of the molecule is CC(=O)Oc1cc2c(cc1Cl)C1(OC(=O)c3cc4c(-c5ccccc5)c5ccccc5c(-c5ccccc5)c4cc31)c1cc(Cl)c(OC(C)=O)cc1O2.O=C(O)c1cc2c(-c3ccccc3)c3ccccc3c(-c3ccccc3)c2cc1-c1c2cc(Cl)c(=O)cc-2oc2cc(O)c(Cl)cc12.O=C1OC(=[OH+])c2cc3c(-c4ccccc4)c4ccccc4c(-c4ccccc4)c3cc21.Oc1ccc(Cl)c(O)c1.Oc1ccc(Cl)c(O)c1. The number of benzene rings is 21. The molecule has 1 spiro atoms. The van der Waals surface area contributed by atoms with Gasteiger partial charge >= 0.3 is 35.8 Å². The van der Waals surface area contributed by atoms with E-state index in [4.69, 9.17) is 118 Å². The molecule has 0 bridgehead atoms. The number of halogens is 6. The molecule has 0 unspecified atom stereocenters. The van der Waals surface area contributed by atoms with Crippen LogP contribution in [-0.4, -0.2) is 71.2 Å². The number of carbonyl (C=O) groups is 5. The summed E-state index contributed by atoms with van der Waals surface area (Å²) in [6, 6.07) is 116. The molecule has 20 aromatic rings. The largest absolute Gasteiger partial charge is 0.527 e. The summed E-state index contributed by atoms with van der Waals surface area (Å²) < 4.78 is 34.9. The monoisotopic (exact) mass is 2080 g/mol. The van der Waals surface area contributed by atoms with Gasteiger partial charge in [-0.3, -0.25) is 14.4 Å². The maximum atomic E-state index is 14.4. The van der Waals surface area contributed by atoms with Crippen LogP contribution in [0.2, 0.25) is 30.1 Å². The van der Waals surface area contributed by atoms with Gasteiger partial charge in [-0.15, -0.1) is 0 Å². The first-order chi connectivity index (χ1) is 72.0. The third-order valence-electron chi connectivity index (χ3n) is 26.1. The van der Waals surface area contributed by atoms with Crippen molar-refractivity contribution in [2.24, 2.45) is 0 Å². The summed E-state index contributed by atoms with van der Waals surface area (Å²) in [6.45, 7) is 2.53. The van der Waals surface area contributed by atoms with E-state index in [1.807, 2.05) is 200 Å². The van der Waals surface area contributed by atoms with E-state index in [0.717, 1.165) is 131 Å². The van der Waals surface area contributed by atoms with E-state index in [1.54, 1.807) is 18.2 Å². The van der Waals surface area contributed by atoms with Crippen molar-refractivity contribution in [2.45, 2.75) is 19.4 Å². The molecule has 0 saturated heterocycles. The summed E-state index contributed by atoms with van der Waals surface area (Å²) in [5.74, 6) is -3.43. The number of fused-ring (bicyclic) bond motifs is 15. The molecular formula is C124H75Cl6O19+. The van der Waals surface area contributed by atoms with Gasteiger partial charge < -0.3 is 58.8 Å². The standard InChI is InChI=1S/C44H26Cl2O7.C40H22Cl2O5.C28H16O3.2C6H5ClO2/c1-23(47)50-39-21-37-33(19-35(39)45)44(34-20-36(46)40(51-24(2)48)22-38(34)52-37)32-18-30-29(17-31(32)43(49)53-44)41(25-11-5-3-6-12-25)27-15-9-10-16-28(27)42(30)26-13-7-4-8-14-26;41-31-17-29-35(19-33(31)43)47-36-20-34(44)32(42)18-30(36)39(29)27-15-25-26(16-28(27)40(45)46)38(22-11-5-2-6-12-22)24-14-8-7-13-23(24)37(25)21-9-3-1-4-10-21;29-27-23-15-21-22(16-24(23)28(30)31-27)26(18-11-5-2-6-12-18)20-14-8-7-13-19(20)25(21)17-9-3-1-4-10-17;2*7-5-2-1-4(8)3-6(5)9/h3-22H,1-2H3;1-20,43H,(H,45,46);1-16H;2*1-3,8-9H/p+1. The molecule has 0 radical (unpaired) electrons. The molecule has 7 N–H and O–H groups in total. The highest BCUT2D eigenvalue weighted by molar-refractivity contribution is 6.36. The normalized spacial score (nSPS) is 12.3. The van der Waals surface area contributed by atoms with Gasteiger partial charge in [0.25, 0.3) is 0 Å². The van der Waals surface area contributed by atoms with Gasteiger partial charge in [0.1, 0.15) is 62.7 Å². The van der Waals surface area contributed by atoms with Crippen LogP contribution in [0.4, 0.5) is 0 Å². The summed E-state index contributed by atoms with van der Waals surface area (Å²) in [7, 11) is 0. The topological polar surface area (TPSA) is 304 Å². The van der Waals surface area contributed by atoms with Gasteiger partial charge in [-0.2, -0.15) is 0 Å². The van der Waals surface area contributed by atoms with Crippen molar-refractivity contribution in [3.8, 4) is 141 Å². The van der Waals surface area contributed by atoms with Crippen molar-refractivity contribution in [3.63, 3.8) is 0 Å². The number of hydrogen-bond donors (Lipinski definition) is 6. The van der Waals surface area contributed by atoms with Crippen molar-refractivity contribution >= 4 is 181 Å². The van der Waals surface area contributed by atoms with Crippen molar-refractivity contribution in [1.82, 2.24) is 0 Å². The van der Waals surface area contributed by atoms with E-state index in [1.165, 1.54) is 86.6 Å². The lowest BCUT2D eigenvalue weighted by molar-refractivity contribution is -0.132. The van der Waals surface area contributed by atoms with Crippen LogP contribution >= 0.6 is 69.6 Å². The summed E-state index contributed by atoms with van der Waals surface area (Å²) in [4.78, 5) is 86.9. The number of ether oxygens (including phenoxy) is 5. The molecule has 0 saturated carbocycles. The van der Waals surface area contributed by atoms with E-state index < -0.39 is 40.9 Å². The molecule has 0 aromatic heterocycles. The number of aromatic hydroxyl groups is 5. The average Bonchev–Trinajstić information content (AvgIpc) is 1.54. The summed E-state index contributed by atoms with van der Waals surface area (Å²) in [6.07, 6.45) is 0.